The number of benzene rings is 2. The lowest BCUT2D eigenvalue weighted by Gasteiger charge is -2.12. The zero-order valence-corrected chi connectivity index (χ0v) is 15.2. The molecule has 2 heterocycles. The minimum absolute atomic E-state index is 0.0766. The molecular weight excluding hydrogens is 339 g/mol. The van der Waals surface area contributed by atoms with E-state index >= 15 is 0 Å². The van der Waals surface area contributed by atoms with Crippen molar-refractivity contribution in [3.63, 3.8) is 0 Å². The maximum atomic E-state index is 12.5. The minimum atomic E-state index is -3.62. The van der Waals surface area contributed by atoms with E-state index in [9.17, 15) is 9.46 Å². The fourth-order valence-electron chi connectivity index (χ4n) is 3.30. The van der Waals surface area contributed by atoms with E-state index in [0.717, 1.165) is 34.2 Å². The summed E-state index contributed by atoms with van der Waals surface area (Å²) in [6.07, 6.45) is 1.71. The second-order valence-electron chi connectivity index (χ2n) is 6.30. The molecule has 3 aromatic rings. The highest BCUT2D eigenvalue weighted by molar-refractivity contribution is 7.52. The average Bonchev–Trinajstić information content (AvgIpc) is 2.93. The Hall–Kier alpha value is -1.45. The molecule has 0 bridgehead atoms. The van der Waals surface area contributed by atoms with Crippen LogP contribution in [0.2, 0.25) is 0 Å². The fraction of sp³-hybridized carbons (Fsp3) is 0.263. The molecule has 0 saturated heterocycles. The molecular formula is C19H19O3PS. The van der Waals surface area contributed by atoms with Gasteiger partial charge >= 0.3 is 7.60 Å². The van der Waals surface area contributed by atoms with Crippen molar-refractivity contribution in [2.24, 2.45) is 0 Å². The lowest BCUT2D eigenvalue weighted by Crippen LogP contribution is -1.95. The summed E-state index contributed by atoms with van der Waals surface area (Å²) in [6.45, 7) is 2.39. The van der Waals surface area contributed by atoms with Crippen LogP contribution in [0.3, 0.4) is 0 Å². The summed E-state index contributed by atoms with van der Waals surface area (Å²) in [5.74, 6) is 0. The van der Waals surface area contributed by atoms with Gasteiger partial charge < -0.3 is 9.42 Å². The molecule has 1 aliphatic heterocycles. The Labute approximate surface area is 145 Å². The zero-order chi connectivity index (χ0) is 16.7. The van der Waals surface area contributed by atoms with Crippen LogP contribution in [-0.4, -0.2) is 11.5 Å². The Morgan fingerprint density at radius 1 is 1.17 bits per heavy atom. The first-order chi connectivity index (χ1) is 11.5. The molecule has 24 heavy (non-hydrogen) atoms. The number of hydrogen-bond donors (Lipinski definition) is 1. The molecule has 0 amide bonds. The Morgan fingerprint density at radius 3 is 2.75 bits per heavy atom. The average molecular weight is 358 g/mol. The lowest BCUT2D eigenvalue weighted by molar-refractivity contribution is 0.256. The highest BCUT2D eigenvalue weighted by Gasteiger charge is 2.27. The van der Waals surface area contributed by atoms with Gasteiger partial charge in [0.05, 0.1) is 12.8 Å². The van der Waals surface area contributed by atoms with Gasteiger partial charge in [0.1, 0.15) is 0 Å². The van der Waals surface area contributed by atoms with Crippen LogP contribution in [0.25, 0.3) is 20.5 Å². The van der Waals surface area contributed by atoms with Crippen molar-refractivity contribution in [3.8, 4) is 10.4 Å². The van der Waals surface area contributed by atoms with Crippen LogP contribution in [0.5, 0.6) is 0 Å². The van der Waals surface area contributed by atoms with Crippen molar-refractivity contribution in [2.75, 3.05) is 6.61 Å². The number of rotatable bonds is 1. The third-order valence-electron chi connectivity index (χ3n) is 4.46. The quantitative estimate of drug-likeness (QED) is 0.582. The molecule has 1 aromatic heterocycles. The van der Waals surface area contributed by atoms with E-state index in [1.165, 1.54) is 15.8 Å². The second-order valence-corrected chi connectivity index (χ2v) is 9.20. The highest BCUT2D eigenvalue weighted by Crippen LogP contribution is 2.52. The lowest BCUT2D eigenvalue weighted by atomic mass is 10.00. The first kappa shape index (κ1) is 16.0. The summed E-state index contributed by atoms with van der Waals surface area (Å²) in [4.78, 5) is 11.3. The number of aryl methyl sites for hydroxylation is 2. The molecule has 124 valence electrons. The first-order valence-corrected chi connectivity index (χ1v) is 10.7. The Balaban J connectivity index is 1.99. The fourth-order valence-corrected chi connectivity index (χ4v) is 5.90. The molecule has 1 aliphatic rings. The molecule has 5 heteroatoms. The summed E-state index contributed by atoms with van der Waals surface area (Å²) in [5, 5.41) is 1.15. The van der Waals surface area contributed by atoms with E-state index in [2.05, 4.69) is 49.4 Å². The van der Waals surface area contributed by atoms with Crippen LogP contribution < -0.4 is 0 Å². The van der Waals surface area contributed by atoms with Crippen LogP contribution in [0, 0.1) is 6.92 Å². The molecule has 0 radical (unpaired) electrons. The maximum Gasteiger partial charge on any atom is 0.332 e. The van der Waals surface area contributed by atoms with Crippen molar-refractivity contribution in [2.45, 2.75) is 25.9 Å². The van der Waals surface area contributed by atoms with Crippen LogP contribution in [0.4, 0.5) is 0 Å². The van der Waals surface area contributed by atoms with Gasteiger partial charge in [0.15, 0.2) is 0 Å². The van der Waals surface area contributed by atoms with Crippen molar-refractivity contribution >= 4 is 29.0 Å². The van der Waals surface area contributed by atoms with Crippen LogP contribution >= 0.6 is 18.9 Å². The van der Waals surface area contributed by atoms with Crippen molar-refractivity contribution < 1.29 is 14.0 Å². The van der Waals surface area contributed by atoms with E-state index < -0.39 is 7.60 Å². The Kier molecular flexibility index (Phi) is 4.09. The predicted molar refractivity (Wildman–Crippen MR) is 99.8 cm³/mol. The topological polar surface area (TPSA) is 46.5 Å². The van der Waals surface area contributed by atoms with E-state index in [1.54, 1.807) is 11.3 Å². The normalized spacial score (nSPS) is 21.2. The van der Waals surface area contributed by atoms with E-state index in [1.807, 2.05) is 0 Å². The maximum absolute atomic E-state index is 12.5. The van der Waals surface area contributed by atoms with Gasteiger partial charge in [0.25, 0.3) is 0 Å². The van der Waals surface area contributed by atoms with Gasteiger partial charge in [0, 0.05) is 15.0 Å². The molecule has 0 spiro atoms. The molecule has 2 aromatic carbocycles. The van der Waals surface area contributed by atoms with Gasteiger partial charge in [-0.05, 0) is 42.5 Å². The van der Waals surface area contributed by atoms with Gasteiger partial charge in [-0.1, -0.05) is 42.0 Å². The molecule has 0 saturated carbocycles. The SMILES string of the molecule is Cc1ccc(-c2sc3cccc4c3c2CP(=O)(O)OCCC4)cc1. The molecule has 0 fully saturated rings. The zero-order valence-electron chi connectivity index (χ0n) is 13.5. The molecule has 1 atom stereocenters. The number of hydrogen-bond acceptors (Lipinski definition) is 3. The third kappa shape index (κ3) is 2.96. The van der Waals surface area contributed by atoms with E-state index in [-0.39, 0.29) is 6.16 Å². The second kappa shape index (κ2) is 6.12. The molecule has 1 unspecified atom stereocenters. The van der Waals surface area contributed by atoms with Crippen LogP contribution in [-0.2, 0) is 21.7 Å². The minimum Gasteiger partial charge on any atom is -0.324 e. The summed E-state index contributed by atoms with van der Waals surface area (Å²) < 4.78 is 19.0. The standard InChI is InChI=1S/C19H19O3PS/c1-13-7-9-15(10-8-13)19-16-12-23(20,21)22-11-3-5-14-4-2-6-17(24-19)18(14)16/h2,4,6-10H,3,5,11-12H2,1H3,(H,20,21). The summed E-state index contributed by atoms with van der Waals surface area (Å²) >= 11 is 1.70. The Morgan fingerprint density at radius 2 is 1.96 bits per heavy atom. The van der Waals surface area contributed by atoms with Crippen LogP contribution in [0.1, 0.15) is 23.1 Å². The molecule has 1 N–H and O–H groups in total. The summed E-state index contributed by atoms with van der Waals surface area (Å²) in [7, 11) is -3.62. The molecule has 0 aliphatic carbocycles. The van der Waals surface area contributed by atoms with Gasteiger partial charge in [-0.3, -0.25) is 4.57 Å². The third-order valence-corrected chi connectivity index (χ3v) is 7.00. The number of thiophene rings is 1. The largest absolute Gasteiger partial charge is 0.332 e. The van der Waals surface area contributed by atoms with Crippen LogP contribution in [0.15, 0.2) is 42.5 Å². The van der Waals surface area contributed by atoms with E-state index in [0.29, 0.717) is 6.61 Å². The first-order valence-electron chi connectivity index (χ1n) is 8.10. The summed E-state index contributed by atoms with van der Waals surface area (Å²) in [6, 6.07) is 14.7. The predicted octanol–water partition coefficient (Wildman–Crippen LogP) is 5.52. The van der Waals surface area contributed by atoms with Crippen molar-refractivity contribution in [1.29, 1.82) is 0 Å². The smallest absolute Gasteiger partial charge is 0.324 e. The monoisotopic (exact) mass is 358 g/mol. The molecule has 3 nitrogen and oxygen atoms in total. The molecule has 4 rings (SSSR count). The van der Waals surface area contributed by atoms with Crippen molar-refractivity contribution in [3.05, 3.63) is 59.2 Å². The van der Waals surface area contributed by atoms with Gasteiger partial charge in [-0.25, -0.2) is 0 Å². The van der Waals surface area contributed by atoms with Gasteiger partial charge in [0.2, 0.25) is 0 Å². The van der Waals surface area contributed by atoms with Crippen molar-refractivity contribution in [1.82, 2.24) is 0 Å². The highest BCUT2D eigenvalue weighted by atomic mass is 32.1. The summed E-state index contributed by atoms with van der Waals surface area (Å²) in [5.41, 5.74) is 4.52. The van der Waals surface area contributed by atoms with Gasteiger partial charge in [-0.2, -0.15) is 0 Å². The van der Waals surface area contributed by atoms with Gasteiger partial charge in [-0.15, -0.1) is 11.3 Å². The van der Waals surface area contributed by atoms with E-state index in [4.69, 9.17) is 4.52 Å². The Bertz CT molecular complexity index is 943.